The number of imidazole rings is 1. The Morgan fingerprint density at radius 1 is 1.45 bits per heavy atom. The van der Waals surface area contributed by atoms with Crippen LogP contribution in [-0.4, -0.2) is 14.7 Å². The number of aromatic nitrogens is 2. The monoisotopic (exact) mass is 336 g/mol. The van der Waals surface area contributed by atoms with E-state index in [2.05, 4.69) is 20.9 Å². The number of fused-ring (bicyclic) bond motifs is 1. The first-order valence-electron chi connectivity index (χ1n) is 6.07. The number of halogens is 1. The van der Waals surface area contributed by atoms with Gasteiger partial charge in [-0.05, 0) is 12.1 Å². The van der Waals surface area contributed by atoms with Crippen LogP contribution >= 0.6 is 15.9 Å². The van der Waals surface area contributed by atoms with Gasteiger partial charge in [0.05, 0.1) is 31.1 Å². The third kappa shape index (κ3) is 2.32. The van der Waals surface area contributed by atoms with Crippen LogP contribution < -0.4 is 4.74 Å². The van der Waals surface area contributed by atoms with E-state index in [9.17, 15) is 5.11 Å². The minimum Gasteiger partial charge on any atom is -0.483 e. The highest BCUT2D eigenvalue weighted by molar-refractivity contribution is 9.10. The standard InChI is InChI=1S/C14H13BrN2O3/c1-17-8-16-4-11(17)7-19-13-3-10(15)2-12-9(5-18)6-20-14(12)13/h2-4,6,8,18H,5,7H2,1H3. The molecule has 0 saturated heterocycles. The van der Waals surface area contributed by atoms with Crippen LogP contribution in [0.15, 0.2) is 39.8 Å². The summed E-state index contributed by atoms with van der Waals surface area (Å²) in [5.74, 6) is 0.635. The molecule has 0 unspecified atom stereocenters. The molecule has 5 nitrogen and oxygen atoms in total. The summed E-state index contributed by atoms with van der Waals surface area (Å²) in [5, 5.41) is 10.1. The fourth-order valence-corrected chi connectivity index (χ4v) is 2.46. The van der Waals surface area contributed by atoms with E-state index >= 15 is 0 Å². The van der Waals surface area contributed by atoms with E-state index < -0.39 is 0 Å². The topological polar surface area (TPSA) is 60.4 Å². The molecule has 1 N–H and O–H groups in total. The SMILES string of the molecule is Cn1cncc1COc1cc(Br)cc2c(CO)coc12. The average Bonchev–Trinajstić information content (AvgIpc) is 3.02. The van der Waals surface area contributed by atoms with Crippen molar-refractivity contribution in [1.82, 2.24) is 9.55 Å². The maximum absolute atomic E-state index is 9.30. The molecular weight excluding hydrogens is 324 g/mol. The van der Waals surface area contributed by atoms with Gasteiger partial charge in [0.15, 0.2) is 11.3 Å². The maximum Gasteiger partial charge on any atom is 0.176 e. The smallest absolute Gasteiger partial charge is 0.176 e. The number of hydrogen-bond donors (Lipinski definition) is 1. The zero-order valence-corrected chi connectivity index (χ0v) is 12.4. The summed E-state index contributed by atoms with van der Waals surface area (Å²) in [6.45, 7) is 0.335. The number of nitrogens with zero attached hydrogens (tertiary/aromatic N) is 2. The van der Waals surface area contributed by atoms with E-state index in [0.29, 0.717) is 17.9 Å². The van der Waals surface area contributed by atoms with Crippen molar-refractivity contribution in [2.24, 2.45) is 7.05 Å². The van der Waals surface area contributed by atoms with Crippen molar-refractivity contribution in [2.45, 2.75) is 13.2 Å². The van der Waals surface area contributed by atoms with E-state index in [1.807, 2.05) is 23.7 Å². The van der Waals surface area contributed by atoms with Crippen molar-refractivity contribution >= 4 is 26.9 Å². The second kappa shape index (κ2) is 5.30. The Kier molecular flexibility index (Phi) is 3.50. The van der Waals surface area contributed by atoms with Crippen LogP contribution in [0.4, 0.5) is 0 Å². The van der Waals surface area contributed by atoms with Gasteiger partial charge in [0.2, 0.25) is 0 Å². The quantitative estimate of drug-likeness (QED) is 0.795. The van der Waals surface area contributed by atoms with Crippen molar-refractivity contribution in [3.63, 3.8) is 0 Å². The molecule has 0 radical (unpaired) electrons. The lowest BCUT2D eigenvalue weighted by molar-refractivity contribution is 0.281. The lowest BCUT2D eigenvalue weighted by Gasteiger charge is -2.08. The molecule has 3 aromatic rings. The van der Waals surface area contributed by atoms with E-state index in [0.717, 1.165) is 21.1 Å². The van der Waals surface area contributed by atoms with Crippen LogP contribution in [0, 0.1) is 0 Å². The normalized spacial score (nSPS) is 11.2. The van der Waals surface area contributed by atoms with E-state index in [-0.39, 0.29) is 6.61 Å². The summed E-state index contributed by atoms with van der Waals surface area (Å²) in [5.41, 5.74) is 2.35. The van der Waals surface area contributed by atoms with Crippen molar-refractivity contribution in [3.05, 3.63) is 46.7 Å². The molecular formula is C14H13BrN2O3. The molecule has 104 valence electrons. The summed E-state index contributed by atoms with van der Waals surface area (Å²) < 4.78 is 14.1. The van der Waals surface area contributed by atoms with Crippen LogP contribution in [0.3, 0.4) is 0 Å². The summed E-state index contributed by atoms with van der Waals surface area (Å²) in [4.78, 5) is 4.05. The van der Waals surface area contributed by atoms with Gasteiger partial charge in [-0.2, -0.15) is 0 Å². The van der Waals surface area contributed by atoms with E-state index in [4.69, 9.17) is 9.15 Å². The van der Waals surface area contributed by atoms with Crippen LogP contribution in [0.1, 0.15) is 11.3 Å². The Morgan fingerprint density at radius 2 is 2.30 bits per heavy atom. The highest BCUT2D eigenvalue weighted by Crippen LogP contribution is 2.34. The van der Waals surface area contributed by atoms with Crippen LogP contribution in [0.5, 0.6) is 5.75 Å². The van der Waals surface area contributed by atoms with Gasteiger partial charge in [0.1, 0.15) is 6.61 Å². The van der Waals surface area contributed by atoms with Crippen molar-refractivity contribution < 1.29 is 14.3 Å². The molecule has 6 heteroatoms. The van der Waals surface area contributed by atoms with Crippen LogP contribution in [-0.2, 0) is 20.3 Å². The van der Waals surface area contributed by atoms with Gasteiger partial charge < -0.3 is 18.8 Å². The molecule has 0 fully saturated rings. The number of aliphatic hydroxyl groups excluding tert-OH is 1. The molecule has 0 aliphatic rings. The Bertz CT molecular complexity index is 748. The van der Waals surface area contributed by atoms with Gasteiger partial charge >= 0.3 is 0 Å². The highest BCUT2D eigenvalue weighted by atomic mass is 79.9. The van der Waals surface area contributed by atoms with Crippen LogP contribution in [0.25, 0.3) is 11.0 Å². The fraction of sp³-hybridized carbons (Fsp3) is 0.214. The van der Waals surface area contributed by atoms with Gasteiger partial charge in [-0.3, -0.25) is 0 Å². The zero-order valence-electron chi connectivity index (χ0n) is 10.8. The van der Waals surface area contributed by atoms with E-state index in [1.165, 1.54) is 0 Å². The minimum atomic E-state index is -0.0649. The van der Waals surface area contributed by atoms with Crippen molar-refractivity contribution in [2.75, 3.05) is 0 Å². The zero-order chi connectivity index (χ0) is 14.1. The summed E-state index contributed by atoms with van der Waals surface area (Å²) in [6.07, 6.45) is 5.04. The summed E-state index contributed by atoms with van der Waals surface area (Å²) >= 11 is 3.44. The lowest BCUT2D eigenvalue weighted by Crippen LogP contribution is -2.01. The predicted molar refractivity (Wildman–Crippen MR) is 77.4 cm³/mol. The Labute approximate surface area is 123 Å². The Morgan fingerprint density at radius 3 is 3.00 bits per heavy atom. The Hall–Kier alpha value is -1.79. The molecule has 0 bridgehead atoms. The molecule has 0 aliphatic heterocycles. The Balaban J connectivity index is 1.95. The molecule has 0 aliphatic carbocycles. The van der Waals surface area contributed by atoms with Crippen molar-refractivity contribution in [1.29, 1.82) is 0 Å². The first-order valence-corrected chi connectivity index (χ1v) is 6.87. The van der Waals surface area contributed by atoms with E-state index in [1.54, 1.807) is 18.8 Å². The largest absolute Gasteiger partial charge is 0.483 e. The molecule has 1 aromatic carbocycles. The van der Waals surface area contributed by atoms with Gasteiger partial charge in [-0.25, -0.2) is 4.98 Å². The third-order valence-corrected chi connectivity index (χ3v) is 3.60. The second-order valence-electron chi connectivity index (χ2n) is 4.48. The summed E-state index contributed by atoms with van der Waals surface area (Å²) in [7, 11) is 1.92. The number of hydrogen-bond acceptors (Lipinski definition) is 4. The van der Waals surface area contributed by atoms with Gasteiger partial charge in [0, 0.05) is 22.5 Å². The molecule has 2 heterocycles. The number of ether oxygens (including phenoxy) is 1. The predicted octanol–water partition coefficient (Wildman–Crippen LogP) is 3.00. The van der Waals surface area contributed by atoms with Gasteiger partial charge in [-0.1, -0.05) is 15.9 Å². The average molecular weight is 337 g/mol. The molecule has 3 rings (SSSR count). The summed E-state index contributed by atoms with van der Waals surface area (Å²) in [6, 6.07) is 3.75. The lowest BCUT2D eigenvalue weighted by atomic mass is 10.2. The minimum absolute atomic E-state index is 0.0649. The van der Waals surface area contributed by atoms with Gasteiger partial charge in [0.25, 0.3) is 0 Å². The fourth-order valence-electron chi connectivity index (χ4n) is 2.03. The number of rotatable bonds is 4. The molecule has 0 saturated carbocycles. The molecule has 20 heavy (non-hydrogen) atoms. The van der Waals surface area contributed by atoms with Crippen LogP contribution in [0.2, 0.25) is 0 Å². The third-order valence-electron chi connectivity index (χ3n) is 3.15. The molecule has 0 spiro atoms. The molecule has 2 aromatic heterocycles. The highest BCUT2D eigenvalue weighted by Gasteiger charge is 2.12. The van der Waals surface area contributed by atoms with Gasteiger partial charge in [-0.15, -0.1) is 0 Å². The number of benzene rings is 1. The number of furan rings is 1. The maximum atomic E-state index is 9.30. The molecule has 0 atom stereocenters. The number of aliphatic hydroxyl groups is 1. The number of aryl methyl sites for hydroxylation is 1. The van der Waals surface area contributed by atoms with Crippen molar-refractivity contribution in [3.8, 4) is 5.75 Å². The first kappa shape index (κ1) is 13.2. The second-order valence-corrected chi connectivity index (χ2v) is 5.40. The molecule has 0 amide bonds. The first-order chi connectivity index (χ1) is 9.69.